The molecule has 0 saturated heterocycles. The van der Waals surface area contributed by atoms with E-state index >= 15 is 0 Å². The first-order chi connectivity index (χ1) is 13.6. The summed E-state index contributed by atoms with van der Waals surface area (Å²) in [5, 5.41) is 2.81. The number of fused-ring (bicyclic) bond motifs is 3. The molecule has 28 heavy (non-hydrogen) atoms. The number of ketones is 1. The normalized spacial score (nSPS) is 11.5. The zero-order chi connectivity index (χ0) is 19.5. The number of ether oxygens (including phenoxy) is 1. The van der Waals surface area contributed by atoms with Gasteiger partial charge in [-0.3, -0.25) is 9.59 Å². The first kappa shape index (κ1) is 18.0. The molecule has 0 bridgehead atoms. The van der Waals surface area contributed by atoms with E-state index in [1.54, 1.807) is 31.4 Å². The second kappa shape index (κ2) is 7.69. The van der Waals surface area contributed by atoms with Gasteiger partial charge in [0.1, 0.15) is 5.75 Å². The van der Waals surface area contributed by atoms with Gasteiger partial charge in [0.25, 0.3) is 0 Å². The summed E-state index contributed by atoms with van der Waals surface area (Å²) in [6.45, 7) is 0. The van der Waals surface area contributed by atoms with Crippen LogP contribution in [0, 0.1) is 0 Å². The molecular weight excluding hydrogens is 350 g/mol. The van der Waals surface area contributed by atoms with E-state index in [9.17, 15) is 9.59 Å². The number of carbonyl (C=O) groups is 2. The number of nitrogens with one attached hydrogen (secondary N) is 1. The Morgan fingerprint density at radius 2 is 1.64 bits per heavy atom. The van der Waals surface area contributed by atoms with Gasteiger partial charge in [-0.2, -0.15) is 0 Å². The molecule has 140 valence electrons. The molecule has 0 saturated carbocycles. The van der Waals surface area contributed by atoms with E-state index in [2.05, 4.69) is 17.4 Å². The van der Waals surface area contributed by atoms with E-state index in [0.717, 1.165) is 12.2 Å². The monoisotopic (exact) mass is 371 g/mol. The number of hydrogen-bond acceptors (Lipinski definition) is 3. The van der Waals surface area contributed by atoms with Crippen molar-refractivity contribution in [2.24, 2.45) is 0 Å². The Labute approximate surface area is 164 Å². The maximum Gasteiger partial charge on any atom is 0.224 e. The van der Waals surface area contributed by atoms with Crippen molar-refractivity contribution in [3.8, 4) is 16.9 Å². The van der Waals surface area contributed by atoms with Crippen molar-refractivity contribution in [2.75, 3.05) is 12.4 Å². The Hall–Kier alpha value is -3.40. The molecule has 1 aliphatic rings. The van der Waals surface area contributed by atoms with E-state index < -0.39 is 0 Å². The number of anilines is 1. The first-order valence-electron chi connectivity index (χ1n) is 9.32. The fourth-order valence-electron chi connectivity index (χ4n) is 3.59. The molecule has 0 radical (unpaired) electrons. The van der Waals surface area contributed by atoms with Gasteiger partial charge in [0.2, 0.25) is 5.91 Å². The molecule has 0 unspecified atom stereocenters. The SMILES string of the molecule is COc1ccc(NC(=O)CCC(=O)c2ccc3c(c2)Cc2ccccc2-3)cc1. The topological polar surface area (TPSA) is 55.4 Å². The third-order valence-electron chi connectivity index (χ3n) is 5.07. The number of carbonyl (C=O) groups excluding carboxylic acids is 2. The summed E-state index contributed by atoms with van der Waals surface area (Å²) >= 11 is 0. The lowest BCUT2D eigenvalue weighted by Crippen LogP contribution is -2.13. The molecule has 1 N–H and O–H groups in total. The summed E-state index contributed by atoms with van der Waals surface area (Å²) in [6, 6.07) is 21.3. The predicted octanol–water partition coefficient (Wildman–Crippen LogP) is 4.87. The maximum absolute atomic E-state index is 12.6. The minimum Gasteiger partial charge on any atom is -0.497 e. The maximum atomic E-state index is 12.6. The number of rotatable bonds is 6. The standard InChI is InChI=1S/C24H21NO3/c1-28-20-9-7-19(8-10-20)25-24(27)13-12-23(26)17-6-11-22-18(15-17)14-16-4-2-3-5-21(16)22/h2-11,15H,12-14H2,1H3,(H,25,27). The van der Waals surface area contributed by atoms with Crippen molar-refractivity contribution >= 4 is 17.4 Å². The van der Waals surface area contributed by atoms with Crippen molar-refractivity contribution in [2.45, 2.75) is 19.3 Å². The quantitative estimate of drug-likeness (QED) is 0.492. The van der Waals surface area contributed by atoms with Gasteiger partial charge in [-0.15, -0.1) is 0 Å². The van der Waals surface area contributed by atoms with Gasteiger partial charge in [0, 0.05) is 24.1 Å². The summed E-state index contributed by atoms with van der Waals surface area (Å²) in [6.07, 6.45) is 1.19. The van der Waals surface area contributed by atoms with E-state index in [0.29, 0.717) is 11.3 Å². The second-order valence-electron chi connectivity index (χ2n) is 6.91. The molecule has 1 aliphatic carbocycles. The van der Waals surface area contributed by atoms with E-state index in [-0.39, 0.29) is 24.5 Å². The second-order valence-corrected chi connectivity index (χ2v) is 6.91. The van der Waals surface area contributed by atoms with Gasteiger partial charge >= 0.3 is 0 Å². The van der Waals surface area contributed by atoms with E-state index in [1.165, 1.54) is 22.3 Å². The Bertz CT molecular complexity index is 1040. The highest BCUT2D eigenvalue weighted by Crippen LogP contribution is 2.36. The minimum atomic E-state index is -0.174. The molecule has 4 rings (SSSR count). The van der Waals surface area contributed by atoms with Crippen LogP contribution in [0.25, 0.3) is 11.1 Å². The molecule has 0 aromatic heterocycles. The lowest BCUT2D eigenvalue weighted by molar-refractivity contribution is -0.116. The zero-order valence-electron chi connectivity index (χ0n) is 15.7. The third-order valence-corrected chi connectivity index (χ3v) is 5.07. The van der Waals surface area contributed by atoms with Crippen LogP contribution in [0.3, 0.4) is 0 Å². The Balaban J connectivity index is 1.36. The lowest BCUT2D eigenvalue weighted by atomic mass is 9.99. The fraction of sp³-hybridized carbons (Fsp3) is 0.167. The summed E-state index contributed by atoms with van der Waals surface area (Å²) in [7, 11) is 1.59. The molecule has 1 amide bonds. The Morgan fingerprint density at radius 1 is 0.893 bits per heavy atom. The van der Waals surface area contributed by atoms with Crippen LogP contribution in [-0.2, 0) is 11.2 Å². The van der Waals surface area contributed by atoms with Crippen LogP contribution in [0.5, 0.6) is 5.75 Å². The van der Waals surface area contributed by atoms with Crippen LogP contribution in [0.15, 0.2) is 66.7 Å². The first-order valence-corrected chi connectivity index (χ1v) is 9.32. The molecule has 0 heterocycles. The van der Waals surface area contributed by atoms with Crippen LogP contribution >= 0.6 is 0 Å². The minimum absolute atomic E-state index is 0.0105. The van der Waals surface area contributed by atoms with Crippen molar-refractivity contribution in [1.29, 1.82) is 0 Å². The molecule has 0 atom stereocenters. The Kier molecular flexibility index (Phi) is 4.94. The summed E-state index contributed by atoms with van der Waals surface area (Å²) in [4.78, 5) is 24.7. The zero-order valence-corrected chi connectivity index (χ0v) is 15.7. The average Bonchev–Trinajstić information content (AvgIpc) is 3.10. The third kappa shape index (κ3) is 3.67. The highest BCUT2D eigenvalue weighted by atomic mass is 16.5. The van der Waals surface area contributed by atoms with Gasteiger partial charge in [-0.1, -0.05) is 36.4 Å². The van der Waals surface area contributed by atoms with Crippen LogP contribution in [-0.4, -0.2) is 18.8 Å². The fourth-order valence-corrected chi connectivity index (χ4v) is 3.59. The number of Topliss-reactive ketones (excluding diaryl/α,β-unsaturated/α-hetero) is 1. The van der Waals surface area contributed by atoms with Gasteiger partial charge < -0.3 is 10.1 Å². The number of methoxy groups -OCH3 is 1. The average molecular weight is 371 g/mol. The largest absolute Gasteiger partial charge is 0.497 e. The van der Waals surface area contributed by atoms with Crippen molar-refractivity contribution in [3.05, 3.63) is 83.4 Å². The van der Waals surface area contributed by atoms with Crippen LogP contribution in [0.2, 0.25) is 0 Å². The van der Waals surface area contributed by atoms with Gasteiger partial charge in [-0.25, -0.2) is 0 Å². The molecule has 0 fully saturated rings. The lowest BCUT2D eigenvalue weighted by Gasteiger charge is -2.07. The summed E-state index contributed by atoms with van der Waals surface area (Å²) in [5.41, 5.74) is 6.27. The van der Waals surface area contributed by atoms with E-state index in [1.807, 2.05) is 30.3 Å². The van der Waals surface area contributed by atoms with Crippen LogP contribution in [0.4, 0.5) is 5.69 Å². The van der Waals surface area contributed by atoms with Crippen LogP contribution in [0.1, 0.15) is 34.3 Å². The molecular formula is C24H21NO3. The molecule has 4 heteroatoms. The Morgan fingerprint density at radius 3 is 2.43 bits per heavy atom. The predicted molar refractivity (Wildman–Crippen MR) is 110 cm³/mol. The summed E-state index contributed by atoms with van der Waals surface area (Å²) in [5.74, 6) is 0.544. The number of hydrogen-bond donors (Lipinski definition) is 1. The molecule has 3 aromatic rings. The molecule has 3 aromatic carbocycles. The molecule has 4 nitrogen and oxygen atoms in total. The van der Waals surface area contributed by atoms with Crippen molar-refractivity contribution in [1.82, 2.24) is 0 Å². The van der Waals surface area contributed by atoms with Crippen LogP contribution < -0.4 is 10.1 Å². The van der Waals surface area contributed by atoms with Gasteiger partial charge in [-0.05, 0) is 59.0 Å². The van der Waals surface area contributed by atoms with Gasteiger partial charge in [0.05, 0.1) is 7.11 Å². The highest BCUT2D eigenvalue weighted by molar-refractivity contribution is 6.00. The van der Waals surface area contributed by atoms with Crippen molar-refractivity contribution in [3.63, 3.8) is 0 Å². The molecule has 0 aliphatic heterocycles. The highest BCUT2D eigenvalue weighted by Gasteiger charge is 2.19. The number of amides is 1. The van der Waals surface area contributed by atoms with Gasteiger partial charge in [0.15, 0.2) is 5.78 Å². The smallest absolute Gasteiger partial charge is 0.224 e. The number of benzene rings is 3. The molecule has 0 spiro atoms. The van der Waals surface area contributed by atoms with E-state index in [4.69, 9.17) is 4.74 Å². The summed E-state index contributed by atoms with van der Waals surface area (Å²) < 4.78 is 5.10. The van der Waals surface area contributed by atoms with Crippen molar-refractivity contribution < 1.29 is 14.3 Å².